The van der Waals surface area contributed by atoms with E-state index in [0.717, 1.165) is 36.1 Å². The number of carbonyl (C=O) groups is 1. The Balaban J connectivity index is 0.00000116. The molecule has 0 atom stereocenters. The topological polar surface area (TPSA) is 52.9 Å². The zero-order valence-electron chi connectivity index (χ0n) is 14.3. The average Bonchev–Trinajstić information content (AvgIpc) is 2.54. The largest absolute Gasteiger partial charge is 0.322 e. The fourth-order valence-corrected chi connectivity index (χ4v) is 2.57. The normalized spacial score (nSPS) is 13.8. The molecular formula is C19H26N2O. The fraction of sp³-hybridized carbons (Fsp3) is 0.474. The lowest BCUT2D eigenvalue weighted by Crippen LogP contribution is -2.18. The first-order valence-electron chi connectivity index (χ1n) is 8.04. The van der Waals surface area contributed by atoms with Gasteiger partial charge in [0.15, 0.2) is 0 Å². The number of hydrogen-bond acceptors (Lipinski definition) is 2. The van der Waals surface area contributed by atoms with Crippen molar-refractivity contribution in [2.75, 3.05) is 5.32 Å². The zero-order chi connectivity index (χ0) is 16.7. The molecule has 1 aromatic carbocycles. The van der Waals surface area contributed by atoms with Crippen molar-refractivity contribution in [3.05, 3.63) is 40.0 Å². The molecule has 3 heteroatoms. The second-order valence-electron chi connectivity index (χ2n) is 5.48. The molecule has 0 heterocycles. The first-order chi connectivity index (χ1) is 10.5. The van der Waals surface area contributed by atoms with E-state index in [-0.39, 0.29) is 5.91 Å². The minimum Gasteiger partial charge on any atom is -0.322 e. The molecule has 0 saturated carbocycles. The number of nitrogens with zero attached hydrogens (tertiary/aromatic N) is 1. The van der Waals surface area contributed by atoms with Gasteiger partial charge < -0.3 is 5.32 Å². The monoisotopic (exact) mass is 298 g/mol. The Morgan fingerprint density at radius 2 is 1.64 bits per heavy atom. The van der Waals surface area contributed by atoms with Crippen LogP contribution in [-0.2, 0) is 4.79 Å². The van der Waals surface area contributed by atoms with Crippen LogP contribution < -0.4 is 5.32 Å². The molecule has 1 aliphatic rings. The lowest BCUT2D eigenvalue weighted by atomic mass is 9.92. The Morgan fingerprint density at radius 1 is 1.05 bits per heavy atom. The maximum absolute atomic E-state index is 12.4. The Kier molecular flexibility index (Phi) is 6.85. The molecule has 1 N–H and O–H groups in total. The Hall–Kier alpha value is -2.08. The summed E-state index contributed by atoms with van der Waals surface area (Å²) in [6.45, 7) is 10.1. The van der Waals surface area contributed by atoms with E-state index in [0.29, 0.717) is 17.6 Å². The summed E-state index contributed by atoms with van der Waals surface area (Å²) in [7, 11) is 0. The van der Waals surface area contributed by atoms with Crippen LogP contribution in [0.5, 0.6) is 0 Å². The van der Waals surface area contributed by atoms with Crippen molar-refractivity contribution in [3.63, 3.8) is 0 Å². The average molecular weight is 298 g/mol. The van der Waals surface area contributed by atoms with Crippen LogP contribution >= 0.6 is 0 Å². The summed E-state index contributed by atoms with van der Waals surface area (Å²) in [5, 5.41) is 12.1. The molecule has 118 valence electrons. The molecule has 0 fully saturated rings. The standard InChI is InChI=1S/C17H20N2O.C2H6/c1-11-8-13(3)16(9-12(11)2)19-17(20)15-7-5-4-6-14(15)10-18;1-2/h8-9H,4-7H2,1-3H3,(H,19,20);1-2H3. The molecule has 3 nitrogen and oxygen atoms in total. The molecule has 1 aromatic rings. The molecule has 2 rings (SSSR count). The van der Waals surface area contributed by atoms with Gasteiger partial charge in [0.1, 0.15) is 0 Å². The minimum atomic E-state index is -0.118. The number of allylic oxidation sites excluding steroid dienone is 1. The van der Waals surface area contributed by atoms with Crippen molar-refractivity contribution < 1.29 is 4.79 Å². The van der Waals surface area contributed by atoms with Gasteiger partial charge in [-0.25, -0.2) is 0 Å². The van der Waals surface area contributed by atoms with Crippen LogP contribution in [0, 0.1) is 32.1 Å². The van der Waals surface area contributed by atoms with E-state index in [4.69, 9.17) is 5.26 Å². The second kappa shape index (κ2) is 8.38. The number of amides is 1. The smallest absolute Gasteiger partial charge is 0.252 e. The summed E-state index contributed by atoms with van der Waals surface area (Å²) in [5.74, 6) is -0.118. The molecule has 0 unspecified atom stereocenters. The third kappa shape index (κ3) is 4.21. The van der Waals surface area contributed by atoms with Crippen LogP contribution in [0.3, 0.4) is 0 Å². The third-order valence-electron chi connectivity index (χ3n) is 3.97. The summed E-state index contributed by atoms with van der Waals surface area (Å²) in [6, 6.07) is 6.25. The van der Waals surface area contributed by atoms with Crippen LogP contribution in [0.4, 0.5) is 5.69 Å². The summed E-state index contributed by atoms with van der Waals surface area (Å²) in [5.41, 5.74) is 5.58. The van der Waals surface area contributed by atoms with Gasteiger partial charge in [-0.3, -0.25) is 4.79 Å². The molecule has 0 aromatic heterocycles. The van der Waals surface area contributed by atoms with Crippen LogP contribution in [0.25, 0.3) is 0 Å². The number of benzene rings is 1. The Labute approximate surface area is 134 Å². The van der Waals surface area contributed by atoms with Crippen molar-refractivity contribution in [1.29, 1.82) is 5.26 Å². The van der Waals surface area contributed by atoms with E-state index in [9.17, 15) is 4.79 Å². The number of carbonyl (C=O) groups excluding carboxylic acids is 1. The highest BCUT2D eigenvalue weighted by Crippen LogP contribution is 2.26. The van der Waals surface area contributed by atoms with E-state index in [1.54, 1.807) is 0 Å². The predicted octanol–water partition coefficient (Wildman–Crippen LogP) is 4.97. The fourth-order valence-electron chi connectivity index (χ4n) is 2.57. The van der Waals surface area contributed by atoms with E-state index in [1.165, 1.54) is 5.56 Å². The van der Waals surface area contributed by atoms with Gasteiger partial charge in [-0.05, 0) is 69.2 Å². The summed E-state index contributed by atoms with van der Waals surface area (Å²) < 4.78 is 0. The predicted molar refractivity (Wildman–Crippen MR) is 91.7 cm³/mol. The molecule has 0 spiro atoms. The molecule has 1 aliphatic carbocycles. The lowest BCUT2D eigenvalue weighted by molar-refractivity contribution is -0.113. The summed E-state index contributed by atoms with van der Waals surface area (Å²) >= 11 is 0. The summed E-state index contributed by atoms with van der Waals surface area (Å²) in [4.78, 5) is 12.4. The van der Waals surface area contributed by atoms with E-state index >= 15 is 0 Å². The van der Waals surface area contributed by atoms with Crippen molar-refractivity contribution >= 4 is 11.6 Å². The molecule has 0 aliphatic heterocycles. The number of aryl methyl sites for hydroxylation is 3. The SMILES string of the molecule is CC.Cc1cc(C)c(NC(=O)C2=C(C#N)CCCC2)cc1C. The second-order valence-corrected chi connectivity index (χ2v) is 5.48. The summed E-state index contributed by atoms with van der Waals surface area (Å²) in [6.07, 6.45) is 3.42. The van der Waals surface area contributed by atoms with Gasteiger partial charge in [0.2, 0.25) is 0 Å². The van der Waals surface area contributed by atoms with Gasteiger partial charge in [0, 0.05) is 16.8 Å². The van der Waals surface area contributed by atoms with Crippen molar-refractivity contribution in [3.8, 4) is 6.07 Å². The first kappa shape index (κ1) is 18.0. The highest BCUT2D eigenvalue weighted by atomic mass is 16.1. The Bertz CT molecular complexity index is 621. The Morgan fingerprint density at radius 3 is 2.27 bits per heavy atom. The maximum Gasteiger partial charge on any atom is 0.252 e. The molecule has 1 amide bonds. The van der Waals surface area contributed by atoms with Gasteiger partial charge >= 0.3 is 0 Å². The number of nitriles is 1. The molecule has 22 heavy (non-hydrogen) atoms. The van der Waals surface area contributed by atoms with Gasteiger partial charge in [0.05, 0.1) is 6.07 Å². The molecule has 0 radical (unpaired) electrons. The number of nitrogens with one attached hydrogen (secondary N) is 1. The van der Waals surface area contributed by atoms with Crippen LogP contribution in [0.1, 0.15) is 56.2 Å². The molecular weight excluding hydrogens is 272 g/mol. The third-order valence-corrected chi connectivity index (χ3v) is 3.97. The lowest BCUT2D eigenvalue weighted by Gasteiger charge is -2.17. The molecule has 0 saturated heterocycles. The highest BCUT2D eigenvalue weighted by molar-refractivity contribution is 6.05. The van der Waals surface area contributed by atoms with Crippen LogP contribution in [0.2, 0.25) is 0 Å². The van der Waals surface area contributed by atoms with Gasteiger partial charge in [0.25, 0.3) is 5.91 Å². The first-order valence-corrected chi connectivity index (χ1v) is 8.04. The van der Waals surface area contributed by atoms with Gasteiger partial charge in [-0.15, -0.1) is 0 Å². The van der Waals surface area contributed by atoms with E-state index < -0.39 is 0 Å². The maximum atomic E-state index is 12.4. The van der Waals surface area contributed by atoms with Crippen molar-refractivity contribution in [2.24, 2.45) is 0 Å². The zero-order valence-corrected chi connectivity index (χ0v) is 14.3. The quantitative estimate of drug-likeness (QED) is 0.838. The highest BCUT2D eigenvalue weighted by Gasteiger charge is 2.19. The number of hydrogen-bond donors (Lipinski definition) is 1. The molecule has 0 bridgehead atoms. The number of rotatable bonds is 2. The number of anilines is 1. The van der Waals surface area contributed by atoms with Gasteiger partial charge in [-0.1, -0.05) is 19.9 Å². The van der Waals surface area contributed by atoms with E-state index in [1.807, 2.05) is 33.8 Å². The van der Waals surface area contributed by atoms with Crippen molar-refractivity contribution in [1.82, 2.24) is 0 Å². The minimum absolute atomic E-state index is 0.118. The van der Waals surface area contributed by atoms with Crippen LogP contribution in [-0.4, -0.2) is 5.91 Å². The van der Waals surface area contributed by atoms with Crippen molar-refractivity contribution in [2.45, 2.75) is 60.3 Å². The van der Waals surface area contributed by atoms with Gasteiger partial charge in [-0.2, -0.15) is 5.26 Å². The van der Waals surface area contributed by atoms with E-state index in [2.05, 4.69) is 24.4 Å². The van der Waals surface area contributed by atoms with Crippen LogP contribution in [0.15, 0.2) is 23.3 Å².